The lowest BCUT2D eigenvalue weighted by Gasteiger charge is -2.47. The van der Waals surface area contributed by atoms with Crippen molar-refractivity contribution in [1.82, 2.24) is 14.7 Å². The molecule has 2 unspecified atom stereocenters. The molecular weight excluding hydrogens is 412 g/mol. The number of nitrogens with two attached hydrogens (primary N) is 1. The van der Waals surface area contributed by atoms with Crippen molar-refractivity contribution in [2.24, 2.45) is 12.8 Å². The van der Waals surface area contributed by atoms with Crippen LogP contribution >= 0.6 is 0 Å². The minimum absolute atomic E-state index is 0.0949. The van der Waals surface area contributed by atoms with E-state index in [0.29, 0.717) is 48.9 Å². The summed E-state index contributed by atoms with van der Waals surface area (Å²) in [6.07, 6.45) is 3.47. The number of hydrogen-bond donors (Lipinski definition) is 1. The normalized spacial score (nSPS) is 19.5. The number of fused-ring (bicyclic) bond motifs is 3. The lowest BCUT2D eigenvalue weighted by molar-refractivity contribution is -0.188. The standard InChI is InChI=1S/C23H24N4O5/c1-26-22-15(11-25-26)8-14(23(24)29)9-20(22)32-17-4-2-16(3-5-17)30-7-6-21(28)27-12-18-10-19(13-27)31-18/h2-5,8-9,11,18-19H,6-7,10,12-13H2,1H3,(H2,24,29). The fourth-order valence-electron chi connectivity index (χ4n) is 4.21. The number of aromatic nitrogens is 2. The summed E-state index contributed by atoms with van der Waals surface area (Å²) < 4.78 is 19.0. The van der Waals surface area contributed by atoms with Gasteiger partial charge >= 0.3 is 0 Å². The number of hydrogen-bond acceptors (Lipinski definition) is 6. The molecule has 3 aromatic rings. The number of rotatable bonds is 7. The molecule has 3 fully saturated rings. The van der Waals surface area contributed by atoms with E-state index in [1.54, 1.807) is 54.3 Å². The number of nitrogens with zero attached hydrogens (tertiary/aromatic N) is 3. The summed E-state index contributed by atoms with van der Waals surface area (Å²) in [4.78, 5) is 25.9. The van der Waals surface area contributed by atoms with Gasteiger partial charge < -0.3 is 24.8 Å². The molecule has 2 bridgehead atoms. The summed E-state index contributed by atoms with van der Waals surface area (Å²) in [5, 5.41) is 4.99. The number of ether oxygens (including phenoxy) is 3. The Morgan fingerprint density at radius 2 is 1.84 bits per heavy atom. The van der Waals surface area contributed by atoms with E-state index in [2.05, 4.69) is 5.10 Å². The molecule has 166 valence electrons. The van der Waals surface area contributed by atoms with Crippen LogP contribution in [0.5, 0.6) is 17.2 Å². The number of aryl methyl sites for hydroxylation is 1. The maximum atomic E-state index is 12.3. The highest BCUT2D eigenvalue weighted by Crippen LogP contribution is 2.32. The third-order valence-corrected chi connectivity index (χ3v) is 5.83. The Morgan fingerprint density at radius 1 is 1.16 bits per heavy atom. The number of carbonyl (C=O) groups excluding carboxylic acids is 2. The van der Waals surface area contributed by atoms with Gasteiger partial charge in [0.2, 0.25) is 11.8 Å². The Morgan fingerprint density at radius 3 is 2.53 bits per heavy atom. The molecule has 0 spiro atoms. The van der Waals surface area contributed by atoms with Gasteiger partial charge in [-0.3, -0.25) is 14.3 Å². The van der Waals surface area contributed by atoms with Gasteiger partial charge in [0.15, 0.2) is 5.75 Å². The summed E-state index contributed by atoms with van der Waals surface area (Å²) in [7, 11) is 1.80. The lowest BCUT2D eigenvalue weighted by atomic mass is 9.98. The molecule has 9 nitrogen and oxygen atoms in total. The van der Waals surface area contributed by atoms with Gasteiger partial charge in [-0.1, -0.05) is 0 Å². The first-order chi connectivity index (χ1) is 15.5. The molecule has 2 amide bonds. The van der Waals surface area contributed by atoms with Crippen molar-refractivity contribution in [3.8, 4) is 17.2 Å². The molecular formula is C23H24N4O5. The second-order valence-corrected chi connectivity index (χ2v) is 8.13. The third kappa shape index (κ3) is 3.99. The Hall–Kier alpha value is -3.59. The number of piperidine rings is 1. The molecule has 32 heavy (non-hydrogen) atoms. The maximum absolute atomic E-state index is 12.3. The van der Waals surface area contributed by atoms with Crippen LogP contribution in [0, 0.1) is 0 Å². The molecule has 0 aliphatic carbocycles. The van der Waals surface area contributed by atoms with Gasteiger partial charge in [0.25, 0.3) is 0 Å². The highest BCUT2D eigenvalue weighted by Gasteiger charge is 2.39. The predicted molar refractivity (Wildman–Crippen MR) is 116 cm³/mol. The van der Waals surface area contributed by atoms with Gasteiger partial charge in [-0.15, -0.1) is 0 Å². The van der Waals surface area contributed by atoms with Crippen LogP contribution in [0.2, 0.25) is 0 Å². The first-order valence-corrected chi connectivity index (χ1v) is 10.6. The van der Waals surface area contributed by atoms with Crippen molar-refractivity contribution < 1.29 is 23.8 Å². The monoisotopic (exact) mass is 436 g/mol. The van der Waals surface area contributed by atoms with Gasteiger partial charge in [-0.25, -0.2) is 0 Å². The van der Waals surface area contributed by atoms with E-state index in [4.69, 9.17) is 19.9 Å². The molecule has 0 radical (unpaired) electrons. The van der Waals surface area contributed by atoms with Crippen molar-refractivity contribution in [3.63, 3.8) is 0 Å². The zero-order chi connectivity index (χ0) is 22.2. The predicted octanol–water partition coefficient (Wildman–Crippen LogP) is 2.23. The lowest BCUT2D eigenvalue weighted by Crippen LogP contribution is -2.58. The Bertz CT molecular complexity index is 1160. The van der Waals surface area contributed by atoms with Gasteiger partial charge in [0.1, 0.15) is 17.0 Å². The molecule has 1 aromatic heterocycles. The molecule has 2 aromatic carbocycles. The van der Waals surface area contributed by atoms with Crippen LogP contribution in [0.3, 0.4) is 0 Å². The zero-order valence-corrected chi connectivity index (χ0v) is 17.7. The summed E-state index contributed by atoms with van der Waals surface area (Å²) in [6, 6.07) is 10.4. The second kappa shape index (κ2) is 8.16. The van der Waals surface area contributed by atoms with E-state index in [9.17, 15) is 9.59 Å². The average Bonchev–Trinajstić information content (AvgIpc) is 3.15. The molecule has 2 N–H and O–H groups in total. The molecule has 3 aliphatic heterocycles. The molecule has 9 heteroatoms. The van der Waals surface area contributed by atoms with Gasteiger partial charge in [-0.05, 0) is 36.4 Å². The summed E-state index contributed by atoms with van der Waals surface area (Å²) in [5.41, 5.74) is 6.56. The summed E-state index contributed by atoms with van der Waals surface area (Å²) in [5.74, 6) is 1.27. The van der Waals surface area contributed by atoms with E-state index in [1.165, 1.54) is 0 Å². The van der Waals surface area contributed by atoms with E-state index in [-0.39, 0.29) is 18.1 Å². The highest BCUT2D eigenvalue weighted by atomic mass is 16.5. The van der Waals surface area contributed by atoms with Gasteiger partial charge in [0, 0.05) is 37.5 Å². The van der Waals surface area contributed by atoms with E-state index >= 15 is 0 Å². The number of primary amides is 1. The van der Waals surface area contributed by atoms with Crippen molar-refractivity contribution in [2.45, 2.75) is 25.0 Å². The second-order valence-electron chi connectivity index (χ2n) is 8.13. The van der Waals surface area contributed by atoms with E-state index in [0.717, 1.165) is 17.3 Å². The molecule has 3 aliphatic rings. The summed E-state index contributed by atoms with van der Waals surface area (Å²) >= 11 is 0. The van der Waals surface area contributed by atoms with Crippen LogP contribution in [-0.4, -0.2) is 58.4 Å². The number of carbonyl (C=O) groups is 2. The van der Waals surface area contributed by atoms with Gasteiger partial charge in [0.05, 0.1) is 31.4 Å². The number of benzene rings is 2. The quantitative estimate of drug-likeness (QED) is 0.608. The number of morpholine rings is 1. The van der Waals surface area contributed by atoms with Crippen molar-refractivity contribution >= 4 is 22.7 Å². The highest BCUT2D eigenvalue weighted by molar-refractivity contribution is 5.99. The summed E-state index contributed by atoms with van der Waals surface area (Å²) in [6.45, 7) is 1.67. The van der Waals surface area contributed by atoms with E-state index < -0.39 is 5.91 Å². The van der Waals surface area contributed by atoms with Crippen LogP contribution < -0.4 is 15.2 Å². The van der Waals surface area contributed by atoms with Crippen LogP contribution in [0.15, 0.2) is 42.6 Å². The molecule has 6 rings (SSSR count). The van der Waals surface area contributed by atoms with Crippen molar-refractivity contribution in [2.75, 3.05) is 19.7 Å². The average molecular weight is 436 g/mol. The van der Waals surface area contributed by atoms with Crippen molar-refractivity contribution in [1.29, 1.82) is 0 Å². The fraction of sp³-hybridized carbons (Fsp3) is 0.348. The van der Waals surface area contributed by atoms with Crippen LogP contribution in [0.25, 0.3) is 10.9 Å². The molecule has 0 saturated carbocycles. The smallest absolute Gasteiger partial charge is 0.248 e. The zero-order valence-electron chi connectivity index (χ0n) is 17.7. The van der Waals surface area contributed by atoms with Crippen molar-refractivity contribution in [3.05, 3.63) is 48.2 Å². The topological polar surface area (TPSA) is 109 Å². The number of amides is 2. The Kier molecular flexibility index (Phi) is 5.18. The minimum Gasteiger partial charge on any atom is -0.493 e. The fourth-order valence-corrected chi connectivity index (χ4v) is 4.21. The third-order valence-electron chi connectivity index (χ3n) is 5.83. The molecule has 2 atom stereocenters. The first-order valence-electron chi connectivity index (χ1n) is 10.6. The molecule has 4 heterocycles. The molecule has 3 saturated heterocycles. The first kappa shape index (κ1) is 20.3. The maximum Gasteiger partial charge on any atom is 0.248 e. The van der Waals surface area contributed by atoms with Crippen LogP contribution in [-0.2, 0) is 16.6 Å². The largest absolute Gasteiger partial charge is 0.493 e. The SMILES string of the molecule is Cn1ncc2cc(C(N)=O)cc(Oc3ccc(OCCC(=O)N4CC5CC(C4)O5)cc3)c21. The van der Waals surface area contributed by atoms with E-state index in [1.807, 2.05) is 4.90 Å². The van der Waals surface area contributed by atoms with Crippen LogP contribution in [0.1, 0.15) is 23.2 Å². The minimum atomic E-state index is -0.534. The van der Waals surface area contributed by atoms with Crippen LogP contribution in [0.4, 0.5) is 0 Å². The Labute approximate surface area is 184 Å². The van der Waals surface area contributed by atoms with Gasteiger partial charge in [-0.2, -0.15) is 5.10 Å². The Balaban J connectivity index is 1.20.